The zero-order valence-electron chi connectivity index (χ0n) is 14.8. The molecule has 138 valence electrons. The summed E-state index contributed by atoms with van der Waals surface area (Å²) in [5.74, 6) is -1.17. The number of rotatable bonds is 7. The van der Waals surface area contributed by atoms with Gasteiger partial charge >= 0.3 is 0 Å². The number of nitrogens with one attached hydrogen (secondary N) is 2. The molecule has 26 heavy (non-hydrogen) atoms. The van der Waals surface area contributed by atoms with Crippen molar-refractivity contribution < 1.29 is 14.0 Å². The first kappa shape index (κ1) is 19.9. The summed E-state index contributed by atoms with van der Waals surface area (Å²) in [7, 11) is 0. The van der Waals surface area contributed by atoms with E-state index in [1.807, 2.05) is 32.0 Å². The predicted molar refractivity (Wildman–Crippen MR) is 101 cm³/mol. The van der Waals surface area contributed by atoms with Crippen molar-refractivity contribution in [2.24, 2.45) is 5.92 Å². The summed E-state index contributed by atoms with van der Waals surface area (Å²) in [6, 6.07) is 12.0. The van der Waals surface area contributed by atoms with Gasteiger partial charge in [-0.1, -0.05) is 37.6 Å². The molecular weight excluding hydrogens is 355 g/mol. The van der Waals surface area contributed by atoms with E-state index in [9.17, 15) is 14.0 Å². The first-order valence-electron chi connectivity index (χ1n) is 8.45. The summed E-state index contributed by atoms with van der Waals surface area (Å²) in [5.41, 5.74) is 1.33. The Kier molecular flexibility index (Phi) is 7.16. The molecular formula is C20H22ClFN2O2. The largest absolute Gasteiger partial charge is 0.354 e. The minimum absolute atomic E-state index is 0.0921. The fourth-order valence-electron chi connectivity index (χ4n) is 2.49. The van der Waals surface area contributed by atoms with Crippen molar-refractivity contribution in [1.29, 1.82) is 0 Å². The Bertz CT molecular complexity index is 763. The van der Waals surface area contributed by atoms with E-state index in [1.54, 1.807) is 6.07 Å². The molecule has 0 saturated heterocycles. The molecule has 2 N–H and O–H groups in total. The van der Waals surface area contributed by atoms with Crippen molar-refractivity contribution in [3.63, 3.8) is 0 Å². The highest BCUT2D eigenvalue weighted by molar-refractivity contribution is 6.30. The molecule has 2 amide bonds. The highest BCUT2D eigenvalue weighted by atomic mass is 35.5. The summed E-state index contributed by atoms with van der Waals surface area (Å²) in [5, 5.41) is 6.21. The van der Waals surface area contributed by atoms with Gasteiger partial charge in [-0.15, -0.1) is 0 Å². The summed E-state index contributed by atoms with van der Waals surface area (Å²) >= 11 is 5.95. The fourth-order valence-corrected chi connectivity index (χ4v) is 2.71. The molecule has 1 atom stereocenters. The van der Waals surface area contributed by atoms with E-state index in [0.29, 0.717) is 23.6 Å². The number of carbonyl (C=O) groups excluding carboxylic acids is 2. The van der Waals surface area contributed by atoms with Crippen LogP contribution in [-0.2, 0) is 11.2 Å². The second-order valence-corrected chi connectivity index (χ2v) is 6.81. The second-order valence-electron chi connectivity index (χ2n) is 6.37. The molecule has 6 heteroatoms. The summed E-state index contributed by atoms with van der Waals surface area (Å²) in [6.07, 6.45) is 0.642. The van der Waals surface area contributed by atoms with Crippen LogP contribution in [0.2, 0.25) is 5.02 Å². The van der Waals surface area contributed by atoms with Crippen LogP contribution in [0.25, 0.3) is 0 Å². The molecule has 2 aromatic carbocycles. The molecule has 0 spiro atoms. The van der Waals surface area contributed by atoms with E-state index < -0.39 is 17.8 Å². The van der Waals surface area contributed by atoms with Gasteiger partial charge in [-0.25, -0.2) is 4.39 Å². The first-order valence-corrected chi connectivity index (χ1v) is 8.83. The van der Waals surface area contributed by atoms with Gasteiger partial charge < -0.3 is 10.6 Å². The molecule has 1 unspecified atom stereocenters. The van der Waals surface area contributed by atoms with Gasteiger partial charge in [-0.05, 0) is 54.3 Å². The van der Waals surface area contributed by atoms with Crippen LogP contribution in [0.15, 0.2) is 48.5 Å². The van der Waals surface area contributed by atoms with Crippen molar-refractivity contribution in [3.05, 3.63) is 70.5 Å². The maximum absolute atomic E-state index is 13.0. The number of hydrogen-bond acceptors (Lipinski definition) is 2. The molecule has 0 bridgehead atoms. The van der Waals surface area contributed by atoms with Crippen molar-refractivity contribution in [2.45, 2.75) is 26.3 Å². The third-order valence-corrected chi connectivity index (χ3v) is 4.18. The molecule has 4 nitrogen and oxygen atoms in total. The maximum Gasteiger partial charge on any atom is 0.251 e. The molecule has 0 heterocycles. The molecule has 2 rings (SSSR count). The summed E-state index contributed by atoms with van der Waals surface area (Å²) < 4.78 is 13.0. The number of benzene rings is 2. The van der Waals surface area contributed by atoms with Crippen LogP contribution in [0, 0.1) is 11.7 Å². The maximum atomic E-state index is 13.0. The lowest BCUT2D eigenvalue weighted by Crippen LogP contribution is -2.50. The van der Waals surface area contributed by atoms with Gasteiger partial charge in [0.05, 0.1) is 0 Å². The van der Waals surface area contributed by atoms with Crippen LogP contribution in [0.5, 0.6) is 0 Å². The Balaban J connectivity index is 1.92. The normalized spacial score (nSPS) is 11.9. The Morgan fingerprint density at radius 1 is 1.12 bits per heavy atom. The topological polar surface area (TPSA) is 58.2 Å². The number of carbonyl (C=O) groups is 2. The Labute approximate surface area is 157 Å². The van der Waals surface area contributed by atoms with Crippen LogP contribution < -0.4 is 10.6 Å². The van der Waals surface area contributed by atoms with Gasteiger partial charge in [0.2, 0.25) is 5.91 Å². The zero-order valence-corrected chi connectivity index (χ0v) is 15.5. The van der Waals surface area contributed by atoms with E-state index >= 15 is 0 Å². The van der Waals surface area contributed by atoms with Crippen molar-refractivity contribution in [2.75, 3.05) is 6.54 Å². The lowest BCUT2D eigenvalue weighted by molar-refractivity contribution is -0.123. The van der Waals surface area contributed by atoms with Crippen molar-refractivity contribution >= 4 is 23.4 Å². The van der Waals surface area contributed by atoms with Crippen LogP contribution in [0.1, 0.15) is 29.8 Å². The minimum Gasteiger partial charge on any atom is -0.354 e. The summed E-state index contributed by atoms with van der Waals surface area (Å²) in [6.45, 7) is 4.15. The van der Waals surface area contributed by atoms with E-state index in [-0.39, 0.29) is 11.8 Å². The van der Waals surface area contributed by atoms with Gasteiger partial charge in [0.1, 0.15) is 11.9 Å². The lowest BCUT2D eigenvalue weighted by Gasteiger charge is -2.22. The first-order chi connectivity index (χ1) is 12.4. The van der Waals surface area contributed by atoms with E-state index in [1.165, 1.54) is 24.3 Å². The van der Waals surface area contributed by atoms with Crippen LogP contribution in [0.3, 0.4) is 0 Å². The fraction of sp³-hybridized carbons (Fsp3) is 0.300. The molecule has 0 aromatic heterocycles. The molecule has 0 aliphatic rings. The summed E-state index contributed by atoms with van der Waals surface area (Å²) in [4.78, 5) is 24.7. The Morgan fingerprint density at radius 3 is 2.42 bits per heavy atom. The number of halogens is 2. The van der Waals surface area contributed by atoms with Gasteiger partial charge in [-0.2, -0.15) is 0 Å². The molecule has 0 aliphatic carbocycles. The molecule has 0 aliphatic heterocycles. The molecule has 0 fully saturated rings. The van der Waals surface area contributed by atoms with Crippen molar-refractivity contribution in [3.8, 4) is 0 Å². The average Bonchev–Trinajstić information content (AvgIpc) is 2.59. The second kappa shape index (κ2) is 9.34. The SMILES string of the molecule is CC(C)C(NC(=O)c1ccc(F)cc1)C(=O)NCCc1cccc(Cl)c1. The quantitative estimate of drug-likeness (QED) is 0.775. The smallest absolute Gasteiger partial charge is 0.251 e. The third kappa shape index (κ3) is 5.85. The minimum atomic E-state index is -0.674. The predicted octanol–water partition coefficient (Wildman–Crippen LogP) is 3.59. The lowest BCUT2D eigenvalue weighted by atomic mass is 10.0. The highest BCUT2D eigenvalue weighted by Crippen LogP contribution is 2.11. The van der Waals surface area contributed by atoms with Crippen LogP contribution in [0.4, 0.5) is 4.39 Å². The van der Waals surface area contributed by atoms with Gasteiger partial charge in [0.15, 0.2) is 0 Å². The van der Waals surface area contributed by atoms with E-state index in [2.05, 4.69) is 10.6 Å². The van der Waals surface area contributed by atoms with E-state index in [4.69, 9.17) is 11.6 Å². The van der Waals surface area contributed by atoms with Crippen LogP contribution >= 0.6 is 11.6 Å². The van der Waals surface area contributed by atoms with Gasteiger partial charge in [-0.3, -0.25) is 9.59 Å². The molecule has 0 saturated carbocycles. The Hall–Kier alpha value is -2.40. The van der Waals surface area contributed by atoms with Crippen LogP contribution in [-0.4, -0.2) is 24.4 Å². The van der Waals surface area contributed by atoms with Gasteiger partial charge in [0.25, 0.3) is 5.91 Å². The molecule has 0 radical (unpaired) electrons. The average molecular weight is 377 g/mol. The third-order valence-electron chi connectivity index (χ3n) is 3.94. The molecule has 2 aromatic rings. The monoisotopic (exact) mass is 376 g/mol. The Morgan fingerprint density at radius 2 is 1.81 bits per heavy atom. The van der Waals surface area contributed by atoms with E-state index in [0.717, 1.165) is 5.56 Å². The number of amides is 2. The number of hydrogen-bond donors (Lipinski definition) is 2. The van der Waals surface area contributed by atoms with Gasteiger partial charge in [0, 0.05) is 17.1 Å². The highest BCUT2D eigenvalue weighted by Gasteiger charge is 2.24. The standard InChI is InChI=1S/C20H22ClFN2O2/c1-13(2)18(24-19(25)15-6-8-17(22)9-7-15)20(26)23-11-10-14-4-3-5-16(21)12-14/h3-9,12-13,18H,10-11H2,1-2H3,(H,23,26)(H,24,25). The van der Waals surface area contributed by atoms with Crippen molar-refractivity contribution in [1.82, 2.24) is 10.6 Å². The zero-order chi connectivity index (χ0) is 19.1.